The Balaban J connectivity index is 0.00000180. The van der Waals surface area contributed by atoms with Gasteiger partial charge in [-0.05, 0) is 32.6 Å². The van der Waals surface area contributed by atoms with Crippen LogP contribution in [0.1, 0.15) is 32.6 Å². The third kappa shape index (κ3) is 4.05. The number of carbonyl (C=O) groups excluding carboxylic acids is 1. The maximum absolute atomic E-state index is 12.5. The van der Waals surface area contributed by atoms with E-state index in [1.54, 1.807) is 0 Å². The second-order valence-electron chi connectivity index (χ2n) is 5.25. The van der Waals surface area contributed by atoms with Gasteiger partial charge in [0, 0.05) is 32.9 Å². The van der Waals surface area contributed by atoms with Crippen molar-refractivity contribution in [3.05, 3.63) is 0 Å². The summed E-state index contributed by atoms with van der Waals surface area (Å²) in [5, 5.41) is 0. The first kappa shape index (κ1) is 16.7. The molecule has 2 fully saturated rings. The Morgan fingerprint density at radius 1 is 1.37 bits per heavy atom. The number of hydrogen-bond donors (Lipinski definition) is 1. The Morgan fingerprint density at radius 3 is 2.58 bits per heavy atom. The van der Waals surface area contributed by atoms with Gasteiger partial charge in [-0.3, -0.25) is 4.79 Å². The molecule has 0 saturated carbocycles. The Kier molecular flexibility index (Phi) is 6.53. The number of rotatable bonds is 4. The van der Waals surface area contributed by atoms with Crippen molar-refractivity contribution in [1.82, 2.24) is 4.90 Å². The van der Waals surface area contributed by atoms with Gasteiger partial charge in [0.2, 0.25) is 5.91 Å². The van der Waals surface area contributed by atoms with Gasteiger partial charge in [-0.1, -0.05) is 0 Å². The number of amides is 1. The molecular formula is C13H25ClN2O3. The van der Waals surface area contributed by atoms with Gasteiger partial charge in [0.05, 0.1) is 11.6 Å². The second-order valence-corrected chi connectivity index (χ2v) is 5.25. The van der Waals surface area contributed by atoms with E-state index in [4.69, 9.17) is 15.2 Å². The fraction of sp³-hybridized carbons (Fsp3) is 0.923. The lowest BCUT2D eigenvalue weighted by Crippen LogP contribution is -2.58. The zero-order valence-corrected chi connectivity index (χ0v) is 12.4. The van der Waals surface area contributed by atoms with Gasteiger partial charge in [-0.15, -0.1) is 12.4 Å². The molecule has 2 rings (SSSR count). The van der Waals surface area contributed by atoms with Crippen molar-refractivity contribution in [2.24, 2.45) is 5.73 Å². The molecule has 1 amide bonds. The standard InChI is InChI=1S/C13H24N2O3.ClH/c1-2-15(10-11-4-3-7-18-11)12(16)13(14)5-8-17-9-6-13;/h11H,2-10,14H2,1H3;1H. The van der Waals surface area contributed by atoms with Crippen molar-refractivity contribution >= 4 is 18.3 Å². The van der Waals surface area contributed by atoms with Crippen LogP contribution in [0.25, 0.3) is 0 Å². The van der Waals surface area contributed by atoms with Gasteiger partial charge in [0.15, 0.2) is 0 Å². The summed E-state index contributed by atoms with van der Waals surface area (Å²) < 4.78 is 10.9. The van der Waals surface area contributed by atoms with Crippen LogP contribution in [-0.4, -0.2) is 55.4 Å². The van der Waals surface area contributed by atoms with Gasteiger partial charge in [-0.25, -0.2) is 0 Å². The monoisotopic (exact) mass is 292 g/mol. The van der Waals surface area contributed by atoms with Crippen molar-refractivity contribution in [3.63, 3.8) is 0 Å². The molecule has 1 atom stereocenters. The minimum Gasteiger partial charge on any atom is -0.381 e. The van der Waals surface area contributed by atoms with E-state index in [0.717, 1.165) is 19.4 Å². The fourth-order valence-electron chi connectivity index (χ4n) is 2.65. The van der Waals surface area contributed by atoms with E-state index in [2.05, 4.69) is 0 Å². The van der Waals surface area contributed by atoms with Gasteiger partial charge >= 0.3 is 0 Å². The number of ether oxygens (including phenoxy) is 2. The van der Waals surface area contributed by atoms with Crippen LogP contribution in [0.15, 0.2) is 0 Å². The summed E-state index contributed by atoms with van der Waals surface area (Å²) in [6.07, 6.45) is 3.57. The molecule has 0 radical (unpaired) electrons. The highest BCUT2D eigenvalue weighted by Crippen LogP contribution is 2.22. The summed E-state index contributed by atoms with van der Waals surface area (Å²) in [6.45, 7) is 5.35. The van der Waals surface area contributed by atoms with E-state index >= 15 is 0 Å². The summed E-state index contributed by atoms with van der Waals surface area (Å²) in [5.74, 6) is 0.0591. The summed E-state index contributed by atoms with van der Waals surface area (Å²) in [6, 6.07) is 0. The van der Waals surface area contributed by atoms with Crippen LogP contribution in [0.5, 0.6) is 0 Å². The number of nitrogens with two attached hydrogens (primary N) is 1. The van der Waals surface area contributed by atoms with Gasteiger partial charge < -0.3 is 20.1 Å². The molecular weight excluding hydrogens is 268 g/mol. The molecule has 2 aliphatic rings. The summed E-state index contributed by atoms with van der Waals surface area (Å²) in [5.41, 5.74) is 5.51. The van der Waals surface area contributed by atoms with Crippen LogP contribution in [0.3, 0.4) is 0 Å². The predicted octanol–water partition coefficient (Wildman–Crippen LogP) is 0.944. The molecule has 0 aliphatic carbocycles. The topological polar surface area (TPSA) is 64.8 Å². The average molecular weight is 293 g/mol. The minimum atomic E-state index is -0.729. The number of halogens is 1. The lowest BCUT2D eigenvalue weighted by molar-refractivity contribution is -0.141. The normalized spacial score (nSPS) is 25.7. The molecule has 5 nitrogen and oxygen atoms in total. The van der Waals surface area contributed by atoms with Crippen molar-refractivity contribution < 1.29 is 14.3 Å². The number of likely N-dealkylation sites (N-methyl/N-ethyl adjacent to an activating group) is 1. The van der Waals surface area contributed by atoms with E-state index in [1.807, 2.05) is 11.8 Å². The van der Waals surface area contributed by atoms with E-state index in [-0.39, 0.29) is 24.4 Å². The molecule has 2 saturated heterocycles. The Hall–Kier alpha value is -0.360. The maximum Gasteiger partial charge on any atom is 0.242 e. The van der Waals surface area contributed by atoms with Crippen molar-refractivity contribution in [1.29, 1.82) is 0 Å². The Bertz CT molecular complexity index is 290. The smallest absolute Gasteiger partial charge is 0.242 e. The molecule has 0 aromatic carbocycles. The molecule has 112 valence electrons. The second kappa shape index (κ2) is 7.43. The first-order valence-electron chi connectivity index (χ1n) is 6.93. The highest BCUT2D eigenvalue weighted by Gasteiger charge is 2.39. The van der Waals surface area contributed by atoms with Crippen LogP contribution >= 0.6 is 12.4 Å². The Morgan fingerprint density at radius 2 is 2.05 bits per heavy atom. The third-order valence-corrected chi connectivity index (χ3v) is 3.93. The molecule has 2 aliphatic heterocycles. The zero-order valence-electron chi connectivity index (χ0n) is 11.6. The van der Waals surface area contributed by atoms with Gasteiger partial charge in [-0.2, -0.15) is 0 Å². The van der Waals surface area contributed by atoms with Crippen molar-refractivity contribution in [3.8, 4) is 0 Å². The molecule has 2 heterocycles. The van der Waals surface area contributed by atoms with Gasteiger partial charge in [0.1, 0.15) is 0 Å². The van der Waals surface area contributed by atoms with Crippen LogP contribution in [0, 0.1) is 0 Å². The van der Waals surface area contributed by atoms with Crippen molar-refractivity contribution in [2.75, 3.05) is 32.9 Å². The maximum atomic E-state index is 12.5. The number of nitrogens with zero attached hydrogens (tertiary/aromatic N) is 1. The first-order valence-corrected chi connectivity index (χ1v) is 6.93. The summed E-state index contributed by atoms with van der Waals surface area (Å²) in [7, 11) is 0. The highest BCUT2D eigenvalue weighted by atomic mass is 35.5. The van der Waals surface area contributed by atoms with Crippen LogP contribution in [-0.2, 0) is 14.3 Å². The number of hydrogen-bond acceptors (Lipinski definition) is 4. The Labute approximate surface area is 121 Å². The molecule has 19 heavy (non-hydrogen) atoms. The van der Waals surface area contributed by atoms with Crippen LogP contribution < -0.4 is 5.73 Å². The van der Waals surface area contributed by atoms with Crippen LogP contribution in [0.4, 0.5) is 0 Å². The van der Waals surface area contributed by atoms with Crippen molar-refractivity contribution in [2.45, 2.75) is 44.2 Å². The van der Waals surface area contributed by atoms with Crippen LogP contribution in [0.2, 0.25) is 0 Å². The molecule has 6 heteroatoms. The highest BCUT2D eigenvalue weighted by molar-refractivity contribution is 5.86. The summed E-state index contributed by atoms with van der Waals surface area (Å²) >= 11 is 0. The largest absolute Gasteiger partial charge is 0.381 e. The predicted molar refractivity (Wildman–Crippen MR) is 75.4 cm³/mol. The fourth-order valence-corrected chi connectivity index (χ4v) is 2.65. The molecule has 0 aromatic rings. The number of carbonyl (C=O) groups is 1. The van der Waals surface area contributed by atoms with E-state index in [0.29, 0.717) is 39.1 Å². The lowest BCUT2D eigenvalue weighted by Gasteiger charge is -2.37. The van der Waals surface area contributed by atoms with E-state index in [9.17, 15) is 4.79 Å². The molecule has 2 N–H and O–H groups in total. The van der Waals surface area contributed by atoms with E-state index < -0.39 is 5.54 Å². The average Bonchev–Trinajstić information content (AvgIpc) is 2.89. The summed E-state index contributed by atoms with van der Waals surface area (Å²) in [4.78, 5) is 14.4. The SMILES string of the molecule is CCN(CC1CCCO1)C(=O)C1(N)CCOCC1.Cl. The quantitative estimate of drug-likeness (QED) is 0.838. The molecule has 1 unspecified atom stereocenters. The minimum absolute atomic E-state index is 0. The zero-order chi connectivity index (χ0) is 13.0. The molecule has 0 aromatic heterocycles. The molecule has 0 bridgehead atoms. The van der Waals surface area contributed by atoms with Gasteiger partial charge in [0.25, 0.3) is 0 Å². The first-order chi connectivity index (χ1) is 8.65. The van der Waals surface area contributed by atoms with E-state index in [1.165, 1.54) is 0 Å². The molecule has 0 spiro atoms. The lowest BCUT2D eigenvalue weighted by atomic mass is 9.89. The third-order valence-electron chi connectivity index (χ3n) is 3.93.